The Labute approximate surface area is 271 Å². The van der Waals surface area contributed by atoms with Crippen molar-refractivity contribution in [3.05, 3.63) is 99.0 Å². The van der Waals surface area contributed by atoms with E-state index in [-0.39, 0.29) is 24.9 Å². The molecule has 0 saturated heterocycles. The molecule has 3 aromatic rings. The van der Waals surface area contributed by atoms with Crippen LogP contribution in [0.4, 0.5) is 5.69 Å². The van der Waals surface area contributed by atoms with Crippen LogP contribution >= 0.6 is 23.2 Å². The third-order valence-corrected chi connectivity index (χ3v) is 10.4. The number of anilines is 1. The van der Waals surface area contributed by atoms with Crippen LogP contribution in [0.2, 0.25) is 10.0 Å². The summed E-state index contributed by atoms with van der Waals surface area (Å²) in [6.45, 7) is 3.13. The van der Waals surface area contributed by atoms with Crippen molar-refractivity contribution in [1.82, 2.24) is 14.5 Å². The van der Waals surface area contributed by atoms with Gasteiger partial charge in [-0.15, -0.1) is 0 Å². The minimum absolute atomic E-state index is 0.0208. The highest BCUT2D eigenvalue weighted by Gasteiger charge is 2.36. The second-order valence-corrected chi connectivity index (χ2v) is 14.4. The maximum absolute atomic E-state index is 14.5. The number of nitrogens with zero attached hydrogens (tertiary/aromatic N) is 3. The van der Waals surface area contributed by atoms with Gasteiger partial charge in [0.25, 0.3) is 0 Å². The number of amides is 2. The summed E-state index contributed by atoms with van der Waals surface area (Å²) in [5, 5.41) is 3.95. The molecule has 1 N–H and O–H groups in total. The van der Waals surface area contributed by atoms with Gasteiger partial charge in [0, 0.05) is 43.1 Å². The van der Waals surface area contributed by atoms with Crippen LogP contribution in [0.25, 0.3) is 0 Å². The second kappa shape index (κ2) is 14.8. The standard InChI is InChI=1S/C33H40Cl2N4O4S/c1-23-14-15-24(2)30(18-23)39(44(42,43)37(3)4)22-32(40)38(21-26-16-17-27(34)20-29(26)35)31(19-25-10-6-5-7-11-25)33(41)36-28-12-8-9-13-28/h5-7,10-11,14-18,20,28,31H,8-9,12-13,19,21-22H2,1-4H3,(H,36,41). The zero-order chi connectivity index (χ0) is 32.0. The molecule has 0 aromatic heterocycles. The molecule has 2 amide bonds. The van der Waals surface area contributed by atoms with Crippen LogP contribution in [-0.4, -0.2) is 62.2 Å². The molecule has 1 fully saturated rings. The average Bonchev–Trinajstić information content (AvgIpc) is 3.49. The fourth-order valence-electron chi connectivity index (χ4n) is 5.44. The van der Waals surface area contributed by atoms with Crippen LogP contribution in [-0.2, 0) is 32.8 Å². The van der Waals surface area contributed by atoms with E-state index in [4.69, 9.17) is 23.2 Å². The molecular weight excluding hydrogens is 619 g/mol. The zero-order valence-corrected chi connectivity index (χ0v) is 27.9. The molecule has 1 aliphatic rings. The Balaban J connectivity index is 1.80. The largest absolute Gasteiger partial charge is 0.352 e. The summed E-state index contributed by atoms with van der Waals surface area (Å²) >= 11 is 12.7. The van der Waals surface area contributed by atoms with Gasteiger partial charge in [-0.2, -0.15) is 12.7 Å². The SMILES string of the molecule is Cc1ccc(C)c(N(CC(=O)N(Cc2ccc(Cl)cc2Cl)C(Cc2ccccc2)C(=O)NC2CCCC2)S(=O)(=O)N(C)C)c1. The maximum atomic E-state index is 14.5. The van der Waals surface area contributed by atoms with Gasteiger partial charge in [0.05, 0.1) is 5.69 Å². The highest BCUT2D eigenvalue weighted by Crippen LogP contribution is 2.28. The number of hydrogen-bond acceptors (Lipinski definition) is 4. The van der Waals surface area contributed by atoms with Gasteiger partial charge in [0.2, 0.25) is 11.8 Å². The fraction of sp³-hybridized carbons (Fsp3) is 0.394. The van der Waals surface area contributed by atoms with Gasteiger partial charge < -0.3 is 10.2 Å². The number of carbonyl (C=O) groups is 2. The van der Waals surface area contributed by atoms with Crippen molar-refractivity contribution in [3.8, 4) is 0 Å². The lowest BCUT2D eigenvalue weighted by Crippen LogP contribution is -2.55. The molecule has 0 radical (unpaired) electrons. The van der Waals surface area contributed by atoms with Crippen molar-refractivity contribution in [2.45, 2.75) is 64.6 Å². The van der Waals surface area contributed by atoms with E-state index in [9.17, 15) is 18.0 Å². The van der Waals surface area contributed by atoms with Crippen molar-refractivity contribution in [1.29, 1.82) is 0 Å². The first-order valence-electron chi connectivity index (χ1n) is 14.7. The number of aryl methyl sites for hydroxylation is 2. The number of benzene rings is 3. The topological polar surface area (TPSA) is 90.0 Å². The summed E-state index contributed by atoms with van der Waals surface area (Å²) in [5.74, 6) is -0.821. The molecule has 0 spiro atoms. The van der Waals surface area contributed by atoms with Crippen molar-refractivity contribution in [3.63, 3.8) is 0 Å². The van der Waals surface area contributed by atoms with E-state index in [1.165, 1.54) is 19.0 Å². The number of rotatable bonds is 12. The molecule has 0 bridgehead atoms. The minimum Gasteiger partial charge on any atom is -0.352 e. The summed E-state index contributed by atoms with van der Waals surface area (Å²) in [6.07, 6.45) is 4.06. The molecule has 0 heterocycles. The van der Waals surface area contributed by atoms with Gasteiger partial charge in [-0.1, -0.05) is 84.6 Å². The Morgan fingerprint density at radius 1 is 0.955 bits per heavy atom. The van der Waals surface area contributed by atoms with Gasteiger partial charge >= 0.3 is 10.2 Å². The maximum Gasteiger partial charge on any atom is 0.304 e. The van der Waals surface area contributed by atoms with Crippen LogP contribution in [0.1, 0.15) is 47.9 Å². The third-order valence-electron chi connectivity index (χ3n) is 7.98. The van der Waals surface area contributed by atoms with E-state index in [0.29, 0.717) is 26.9 Å². The van der Waals surface area contributed by atoms with Crippen molar-refractivity contribution < 1.29 is 18.0 Å². The van der Waals surface area contributed by atoms with Gasteiger partial charge in [-0.3, -0.25) is 9.59 Å². The molecule has 0 aliphatic heterocycles. The third kappa shape index (κ3) is 8.33. The van der Waals surface area contributed by atoms with Crippen molar-refractivity contribution >= 4 is 50.9 Å². The summed E-state index contributed by atoms with van der Waals surface area (Å²) in [5.41, 5.74) is 3.39. The normalized spacial score (nSPS) is 14.4. The van der Waals surface area contributed by atoms with Gasteiger partial charge in [-0.25, -0.2) is 4.31 Å². The first kappa shape index (κ1) is 33.8. The molecule has 8 nitrogen and oxygen atoms in total. The smallest absolute Gasteiger partial charge is 0.304 e. The van der Waals surface area contributed by atoms with E-state index < -0.39 is 28.7 Å². The monoisotopic (exact) mass is 658 g/mol. The quantitative estimate of drug-likeness (QED) is 0.262. The Kier molecular flexibility index (Phi) is 11.3. The zero-order valence-electron chi connectivity index (χ0n) is 25.6. The van der Waals surface area contributed by atoms with E-state index >= 15 is 0 Å². The molecule has 1 unspecified atom stereocenters. The van der Waals surface area contributed by atoms with Crippen LogP contribution in [0.3, 0.4) is 0 Å². The van der Waals surface area contributed by atoms with Gasteiger partial charge in [-0.05, 0) is 67.1 Å². The van der Waals surface area contributed by atoms with E-state index in [1.807, 2.05) is 49.4 Å². The molecule has 1 aliphatic carbocycles. The summed E-state index contributed by atoms with van der Waals surface area (Å²) in [6, 6.07) is 19.0. The number of nitrogens with one attached hydrogen (secondary N) is 1. The number of halogens is 2. The first-order chi connectivity index (χ1) is 20.9. The van der Waals surface area contributed by atoms with Crippen LogP contribution in [0.15, 0.2) is 66.7 Å². The Bertz CT molecular complexity index is 1580. The minimum atomic E-state index is -4.09. The second-order valence-electron chi connectivity index (χ2n) is 11.5. The van der Waals surface area contributed by atoms with Crippen LogP contribution < -0.4 is 9.62 Å². The summed E-state index contributed by atoms with van der Waals surface area (Å²) in [7, 11) is -1.24. The van der Waals surface area contributed by atoms with E-state index in [0.717, 1.165) is 45.4 Å². The number of carbonyl (C=O) groups excluding carboxylic acids is 2. The van der Waals surface area contributed by atoms with Crippen LogP contribution in [0, 0.1) is 13.8 Å². The van der Waals surface area contributed by atoms with Gasteiger partial charge in [0.1, 0.15) is 12.6 Å². The Hall–Kier alpha value is -3.11. The van der Waals surface area contributed by atoms with E-state index in [2.05, 4.69) is 5.32 Å². The lowest BCUT2D eigenvalue weighted by molar-refractivity contribution is -0.140. The molecule has 11 heteroatoms. The highest BCUT2D eigenvalue weighted by atomic mass is 35.5. The van der Waals surface area contributed by atoms with Gasteiger partial charge in [0.15, 0.2) is 0 Å². The van der Waals surface area contributed by atoms with E-state index in [1.54, 1.807) is 31.2 Å². The predicted octanol–water partition coefficient (Wildman–Crippen LogP) is 5.92. The molecular formula is C33H40Cl2N4O4S. The summed E-state index contributed by atoms with van der Waals surface area (Å²) in [4.78, 5) is 30.0. The fourth-order valence-corrected chi connectivity index (χ4v) is 7.03. The highest BCUT2D eigenvalue weighted by molar-refractivity contribution is 7.90. The first-order valence-corrected chi connectivity index (χ1v) is 16.9. The number of hydrogen-bond donors (Lipinski definition) is 1. The molecule has 4 rings (SSSR count). The molecule has 44 heavy (non-hydrogen) atoms. The summed E-state index contributed by atoms with van der Waals surface area (Å²) < 4.78 is 29.6. The Morgan fingerprint density at radius 3 is 2.27 bits per heavy atom. The average molecular weight is 660 g/mol. The van der Waals surface area contributed by atoms with Crippen molar-refractivity contribution in [2.75, 3.05) is 24.9 Å². The molecule has 1 atom stereocenters. The van der Waals surface area contributed by atoms with Crippen LogP contribution in [0.5, 0.6) is 0 Å². The molecule has 3 aromatic carbocycles. The molecule has 236 valence electrons. The lowest BCUT2D eigenvalue weighted by atomic mass is 10.0. The Morgan fingerprint density at radius 2 is 1.64 bits per heavy atom. The predicted molar refractivity (Wildman–Crippen MR) is 177 cm³/mol. The molecule has 1 saturated carbocycles. The lowest BCUT2D eigenvalue weighted by Gasteiger charge is -2.35. The van der Waals surface area contributed by atoms with Crippen molar-refractivity contribution in [2.24, 2.45) is 0 Å².